The summed E-state index contributed by atoms with van der Waals surface area (Å²) in [6, 6.07) is 4.18. The van der Waals surface area contributed by atoms with Gasteiger partial charge in [0.15, 0.2) is 0 Å². The van der Waals surface area contributed by atoms with E-state index in [-0.39, 0.29) is 5.75 Å². The molecule has 6 heteroatoms. The molecule has 0 heterocycles. The molecule has 0 radical (unpaired) electrons. The van der Waals surface area contributed by atoms with E-state index >= 15 is 0 Å². The number of hydrogen-bond acceptors (Lipinski definition) is 3. The van der Waals surface area contributed by atoms with E-state index in [9.17, 15) is 8.76 Å². The number of rotatable bonds is 2. The van der Waals surface area contributed by atoms with Crippen LogP contribution >= 0.6 is 23.2 Å². The molecule has 0 aromatic heterocycles. The van der Waals surface area contributed by atoms with Crippen LogP contribution in [0.15, 0.2) is 18.2 Å². The molecule has 0 aliphatic carbocycles. The highest BCUT2D eigenvalue weighted by atomic mass is 35.5. The van der Waals surface area contributed by atoms with Crippen LogP contribution in [0.2, 0.25) is 10.0 Å². The zero-order valence-electron chi connectivity index (χ0n) is 5.62. The summed E-state index contributed by atoms with van der Waals surface area (Å²) in [5.74, 6) is 0.0980. The van der Waals surface area contributed by atoms with Gasteiger partial charge >= 0.3 is 0 Å². The van der Waals surface area contributed by atoms with Crippen LogP contribution in [0.4, 0.5) is 0 Å². The van der Waals surface area contributed by atoms with Crippen molar-refractivity contribution in [1.82, 2.24) is 0 Å². The predicted octanol–water partition coefficient (Wildman–Crippen LogP) is 2.17. The van der Waals surface area contributed by atoms with Gasteiger partial charge in [0.05, 0.1) is 0 Å². The standard InChI is InChI=1S/C6H4Cl2O3S/c7-4-1-5(8)3-6(2-4)11-12(9)10/h1-3H,(H,9,10)/p-1. The Hall–Kier alpha value is -0.290. The van der Waals surface area contributed by atoms with Crippen molar-refractivity contribution in [2.24, 2.45) is 0 Å². The molecule has 1 unspecified atom stereocenters. The fraction of sp³-hybridized carbons (Fsp3) is 0. The largest absolute Gasteiger partial charge is 0.740 e. The maximum absolute atomic E-state index is 10.1. The Bertz CT molecular complexity index is 295. The fourth-order valence-corrected chi connectivity index (χ4v) is 1.41. The van der Waals surface area contributed by atoms with Crippen molar-refractivity contribution in [3.05, 3.63) is 28.2 Å². The highest BCUT2D eigenvalue weighted by Gasteiger charge is 1.98. The fourth-order valence-electron chi connectivity index (χ4n) is 0.655. The van der Waals surface area contributed by atoms with E-state index in [0.717, 1.165) is 0 Å². The Morgan fingerprint density at radius 2 is 1.75 bits per heavy atom. The summed E-state index contributed by atoms with van der Waals surface area (Å²) in [5.41, 5.74) is 0. The molecular formula is C6H3Cl2O3S-. The van der Waals surface area contributed by atoms with Gasteiger partial charge in [-0.3, -0.25) is 0 Å². The van der Waals surface area contributed by atoms with Crippen molar-refractivity contribution in [2.75, 3.05) is 0 Å². The summed E-state index contributed by atoms with van der Waals surface area (Å²) >= 11 is 8.54. The third kappa shape index (κ3) is 2.98. The van der Waals surface area contributed by atoms with Gasteiger partial charge in [0, 0.05) is 22.2 Å². The highest BCUT2D eigenvalue weighted by molar-refractivity contribution is 7.74. The Morgan fingerprint density at radius 1 is 1.25 bits per heavy atom. The quantitative estimate of drug-likeness (QED) is 0.726. The van der Waals surface area contributed by atoms with Crippen LogP contribution < -0.4 is 4.18 Å². The maximum atomic E-state index is 10.1. The average Bonchev–Trinajstić information content (AvgIpc) is 1.81. The molecule has 12 heavy (non-hydrogen) atoms. The third-order valence-corrected chi connectivity index (χ3v) is 1.77. The van der Waals surface area contributed by atoms with E-state index in [0.29, 0.717) is 10.0 Å². The Labute approximate surface area is 81.7 Å². The van der Waals surface area contributed by atoms with Crippen molar-refractivity contribution in [2.45, 2.75) is 0 Å². The number of halogens is 2. The number of hydrogen-bond donors (Lipinski definition) is 0. The molecule has 0 aliphatic heterocycles. The first-order valence-corrected chi connectivity index (χ1v) is 4.57. The minimum atomic E-state index is -2.60. The van der Waals surface area contributed by atoms with E-state index in [2.05, 4.69) is 4.18 Å². The average molecular weight is 226 g/mol. The number of benzene rings is 1. The third-order valence-electron chi connectivity index (χ3n) is 1.00. The van der Waals surface area contributed by atoms with Crippen LogP contribution in [0.25, 0.3) is 0 Å². The summed E-state index contributed by atoms with van der Waals surface area (Å²) in [5, 5.41) is 0.644. The molecule has 0 amide bonds. The molecule has 0 saturated heterocycles. The van der Waals surface area contributed by atoms with Gasteiger partial charge in [-0.1, -0.05) is 23.2 Å². The summed E-state index contributed by atoms with van der Waals surface area (Å²) in [6.45, 7) is 0. The van der Waals surface area contributed by atoms with Crippen LogP contribution in [0.3, 0.4) is 0 Å². The van der Waals surface area contributed by atoms with E-state index in [4.69, 9.17) is 23.2 Å². The van der Waals surface area contributed by atoms with Gasteiger partial charge in [0.2, 0.25) is 0 Å². The second-order valence-corrected chi connectivity index (χ2v) is 3.34. The summed E-state index contributed by atoms with van der Waals surface area (Å²) < 4.78 is 24.5. The second kappa shape index (κ2) is 4.09. The van der Waals surface area contributed by atoms with Crippen LogP contribution in [0.1, 0.15) is 0 Å². The van der Waals surface area contributed by atoms with Crippen molar-refractivity contribution in [1.29, 1.82) is 0 Å². The first-order valence-electron chi connectivity index (χ1n) is 2.81. The van der Waals surface area contributed by atoms with Crippen LogP contribution in [0, 0.1) is 0 Å². The van der Waals surface area contributed by atoms with Gasteiger partial charge in [-0.2, -0.15) is 0 Å². The zero-order chi connectivity index (χ0) is 9.14. The Kier molecular flexibility index (Phi) is 3.34. The molecule has 0 N–H and O–H groups in total. The molecule has 66 valence electrons. The molecule has 1 rings (SSSR count). The molecule has 0 bridgehead atoms. The van der Waals surface area contributed by atoms with Crippen molar-refractivity contribution < 1.29 is 12.9 Å². The van der Waals surface area contributed by atoms with Gasteiger partial charge < -0.3 is 8.74 Å². The molecule has 0 spiro atoms. The lowest BCUT2D eigenvalue weighted by atomic mass is 10.3. The van der Waals surface area contributed by atoms with Gasteiger partial charge in [0.1, 0.15) is 17.1 Å². The minimum Gasteiger partial charge on any atom is -0.740 e. The van der Waals surface area contributed by atoms with Crippen molar-refractivity contribution in [3.8, 4) is 5.75 Å². The molecule has 1 aromatic carbocycles. The lowest BCUT2D eigenvalue weighted by Crippen LogP contribution is -1.97. The molecule has 3 nitrogen and oxygen atoms in total. The van der Waals surface area contributed by atoms with E-state index in [1.165, 1.54) is 18.2 Å². The minimum absolute atomic E-state index is 0.0980. The normalized spacial score (nSPS) is 12.6. The van der Waals surface area contributed by atoms with Gasteiger partial charge in [-0.25, -0.2) is 4.21 Å². The first-order chi connectivity index (χ1) is 5.58. The smallest absolute Gasteiger partial charge is 0.142 e. The van der Waals surface area contributed by atoms with Crippen molar-refractivity contribution in [3.63, 3.8) is 0 Å². The van der Waals surface area contributed by atoms with E-state index in [1.54, 1.807) is 0 Å². The van der Waals surface area contributed by atoms with Crippen LogP contribution in [-0.2, 0) is 11.4 Å². The monoisotopic (exact) mass is 225 g/mol. The highest BCUT2D eigenvalue weighted by Crippen LogP contribution is 2.24. The molecular weight excluding hydrogens is 223 g/mol. The molecule has 1 atom stereocenters. The van der Waals surface area contributed by atoms with Crippen LogP contribution in [0.5, 0.6) is 5.75 Å². The van der Waals surface area contributed by atoms with Crippen LogP contribution in [-0.4, -0.2) is 8.76 Å². The summed E-state index contributed by atoms with van der Waals surface area (Å²) in [6.07, 6.45) is 0. The van der Waals surface area contributed by atoms with E-state index < -0.39 is 11.4 Å². The predicted molar refractivity (Wildman–Crippen MR) is 46.0 cm³/mol. The molecule has 0 saturated carbocycles. The topological polar surface area (TPSA) is 49.4 Å². The van der Waals surface area contributed by atoms with Gasteiger partial charge in [-0.15, -0.1) is 0 Å². The van der Waals surface area contributed by atoms with Gasteiger partial charge in [0.25, 0.3) is 0 Å². The molecule has 0 fully saturated rings. The second-order valence-electron chi connectivity index (χ2n) is 1.89. The molecule has 0 aliphatic rings. The SMILES string of the molecule is O=S([O-])Oc1cc(Cl)cc(Cl)c1. The van der Waals surface area contributed by atoms with Gasteiger partial charge in [-0.05, 0) is 6.07 Å². The Morgan fingerprint density at radius 3 is 2.17 bits per heavy atom. The Balaban J connectivity index is 2.93. The van der Waals surface area contributed by atoms with Crippen molar-refractivity contribution >= 4 is 34.6 Å². The first kappa shape index (κ1) is 9.80. The maximum Gasteiger partial charge on any atom is 0.142 e. The zero-order valence-corrected chi connectivity index (χ0v) is 7.95. The molecule has 1 aromatic rings. The lowest BCUT2D eigenvalue weighted by Gasteiger charge is -2.07. The summed E-state index contributed by atoms with van der Waals surface area (Å²) in [7, 11) is 0. The summed E-state index contributed by atoms with van der Waals surface area (Å²) in [4.78, 5) is 0. The van der Waals surface area contributed by atoms with E-state index in [1.807, 2.05) is 0 Å². The lowest BCUT2D eigenvalue weighted by molar-refractivity contribution is 0.440.